The van der Waals surface area contributed by atoms with Crippen LogP contribution in [0.2, 0.25) is 0 Å². The number of methoxy groups -OCH3 is 1. The van der Waals surface area contributed by atoms with Crippen molar-refractivity contribution in [1.82, 2.24) is 14.8 Å². The van der Waals surface area contributed by atoms with E-state index in [-0.39, 0.29) is 0 Å². The van der Waals surface area contributed by atoms with E-state index >= 15 is 0 Å². The number of hydrogen-bond acceptors (Lipinski definition) is 6. The number of nitrogens with one attached hydrogen (secondary N) is 1. The smallest absolute Gasteiger partial charge is 0.337 e. The van der Waals surface area contributed by atoms with Gasteiger partial charge >= 0.3 is 5.97 Å². The number of benzene rings is 1. The number of nitrogens with zero attached hydrogens (tertiary/aromatic N) is 3. The van der Waals surface area contributed by atoms with Crippen LogP contribution in [0.3, 0.4) is 0 Å². The third-order valence-electron chi connectivity index (χ3n) is 2.95. The first-order chi connectivity index (χ1) is 9.65. The molecule has 0 spiro atoms. The van der Waals surface area contributed by atoms with E-state index in [2.05, 4.69) is 20.3 Å². The average molecular weight is 275 g/mol. The molecule has 2 rings (SSSR count). The molecule has 0 amide bonds. The molecule has 1 aromatic carbocycles. The number of carbonyl (C=O) groups excluding carboxylic acids is 1. The Kier molecular flexibility index (Phi) is 4.19. The summed E-state index contributed by atoms with van der Waals surface area (Å²) >= 11 is 0. The lowest BCUT2D eigenvalue weighted by Crippen LogP contribution is -2.10. The molecule has 1 heterocycles. The van der Waals surface area contributed by atoms with Crippen molar-refractivity contribution < 1.29 is 9.53 Å². The van der Waals surface area contributed by atoms with Crippen molar-refractivity contribution in [3.8, 4) is 0 Å². The highest BCUT2D eigenvalue weighted by Gasteiger charge is 2.09. The minimum absolute atomic E-state index is 0.398. The van der Waals surface area contributed by atoms with Crippen LogP contribution in [-0.2, 0) is 17.8 Å². The van der Waals surface area contributed by atoms with Crippen LogP contribution >= 0.6 is 0 Å². The van der Waals surface area contributed by atoms with Gasteiger partial charge in [0, 0.05) is 6.54 Å². The summed E-state index contributed by atoms with van der Waals surface area (Å²) in [5.41, 5.74) is 7.55. The molecule has 0 fully saturated rings. The molecule has 0 atom stereocenters. The van der Waals surface area contributed by atoms with E-state index in [0.717, 1.165) is 12.4 Å². The molecule has 0 saturated heterocycles. The van der Waals surface area contributed by atoms with Gasteiger partial charge in [0.05, 0.1) is 30.6 Å². The van der Waals surface area contributed by atoms with E-state index in [1.54, 1.807) is 24.5 Å². The SMILES string of the molecule is CCn1cnnc1CNc1cc(C(=O)OC)ccc1N. The Hall–Kier alpha value is -2.57. The Morgan fingerprint density at radius 3 is 3.00 bits per heavy atom. The predicted octanol–water partition coefficient (Wildman–Crippen LogP) is 1.28. The lowest BCUT2D eigenvalue weighted by Gasteiger charge is -2.10. The summed E-state index contributed by atoms with van der Waals surface area (Å²) in [6.45, 7) is 3.28. The van der Waals surface area contributed by atoms with Gasteiger partial charge in [-0.2, -0.15) is 0 Å². The van der Waals surface area contributed by atoms with Gasteiger partial charge in [0.15, 0.2) is 5.82 Å². The monoisotopic (exact) mass is 275 g/mol. The van der Waals surface area contributed by atoms with E-state index in [1.807, 2.05) is 11.5 Å². The largest absolute Gasteiger partial charge is 0.465 e. The highest BCUT2D eigenvalue weighted by atomic mass is 16.5. The number of ether oxygens (including phenoxy) is 1. The fourth-order valence-corrected chi connectivity index (χ4v) is 1.81. The Morgan fingerprint density at radius 1 is 1.50 bits per heavy atom. The average Bonchev–Trinajstić information content (AvgIpc) is 2.93. The minimum atomic E-state index is -0.398. The van der Waals surface area contributed by atoms with Gasteiger partial charge in [0.25, 0.3) is 0 Å². The van der Waals surface area contributed by atoms with Crippen LogP contribution in [0.4, 0.5) is 11.4 Å². The molecule has 0 bridgehead atoms. The van der Waals surface area contributed by atoms with Crippen molar-refractivity contribution in [2.75, 3.05) is 18.2 Å². The molecule has 7 nitrogen and oxygen atoms in total. The van der Waals surface area contributed by atoms with Crippen molar-refractivity contribution in [2.24, 2.45) is 0 Å². The lowest BCUT2D eigenvalue weighted by molar-refractivity contribution is 0.0601. The molecule has 20 heavy (non-hydrogen) atoms. The Bertz CT molecular complexity index is 609. The van der Waals surface area contributed by atoms with Gasteiger partial charge < -0.3 is 20.4 Å². The number of aromatic nitrogens is 3. The van der Waals surface area contributed by atoms with Gasteiger partial charge in [-0.3, -0.25) is 0 Å². The number of anilines is 2. The zero-order valence-electron chi connectivity index (χ0n) is 11.5. The fraction of sp³-hybridized carbons (Fsp3) is 0.308. The molecule has 0 aliphatic heterocycles. The molecule has 0 radical (unpaired) electrons. The van der Waals surface area contributed by atoms with E-state index in [0.29, 0.717) is 23.5 Å². The quantitative estimate of drug-likeness (QED) is 0.630. The van der Waals surface area contributed by atoms with E-state index < -0.39 is 5.97 Å². The molecule has 0 aliphatic carbocycles. The Morgan fingerprint density at radius 2 is 2.30 bits per heavy atom. The molecule has 7 heteroatoms. The van der Waals surface area contributed by atoms with Crippen LogP contribution in [0.25, 0.3) is 0 Å². The molecule has 0 saturated carbocycles. The van der Waals surface area contributed by atoms with Crippen molar-refractivity contribution in [1.29, 1.82) is 0 Å². The molecular weight excluding hydrogens is 258 g/mol. The van der Waals surface area contributed by atoms with E-state index in [9.17, 15) is 4.79 Å². The zero-order chi connectivity index (χ0) is 14.5. The number of nitrogen functional groups attached to an aromatic ring is 1. The predicted molar refractivity (Wildman–Crippen MR) is 75.2 cm³/mol. The van der Waals surface area contributed by atoms with Crippen LogP contribution < -0.4 is 11.1 Å². The first kappa shape index (κ1) is 13.9. The summed E-state index contributed by atoms with van der Waals surface area (Å²) in [6.07, 6.45) is 1.67. The Balaban J connectivity index is 2.14. The zero-order valence-corrected chi connectivity index (χ0v) is 11.5. The summed E-state index contributed by atoms with van der Waals surface area (Å²) in [5.74, 6) is 0.403. The molecule has 106 valence electrons. The number of aryl methyl sites for hydroxylation is 1. The molecule has 0 aliphatic rings. The fourth-order valence-electron chi connectivity index (χ4n) is 1.81. The van der Waals surface area contributed by atoms with Crippen molar-refractivity contribution in [3.63, 3.8) is 0 Å². The highest BCUT2D eigenvalue weighted by Crippen LogP contribution is 2.21. The van der Waals surface area contributed by atoms with Crippen LogP contribution in [0.5, 0.6) is 0 Å². The van der Waals surface area contributed by atoms with Crippen LogP contribution in [-0.4, -0.2) is 27.8 Å². The minimum Gasteiger partial charge on any atom is -0.465 e. The normalized spacial score (nSPS) is 10.3. The topological polar surface area (TPSA) is 95.1 Å². The highest BCUT2D eigenvalue weighted by molar-refractivity contribution is 5.91. The van der Waals surface area contributed by atoms with Gasteiger partial charge in [-0.1, -0.05) is 0 Å². The van der Waals surface area contributed by atoms with Crippen LogP contribution in [0, 0.1) is 0 Å². The summed E-state index contributed by atoms with van der Waals surface area (Å²) in [4.78, 5) is 11.5. The second-order valence-electron chi connectivity index (χ2n) is 4.18. The van der Waals surface area contributed by atoms with E-state index in [4.69, 9.17) is 5.73 Å². The van der Waals surface area contributed by atoms with Crippen LogP contribution in [0.1, 0.15) is 23.1 Å². The van der Waals surface area contributed by atoms with Gasteiger partial charge in [-0.25, -0.2) is 4.79 Å². The second-order valence-corrected chi connectivity index (χ2v) is 4.18. The number of esters is 1. The Labute approximate surface area is 116 Å². The van der Waals surface area contributed by atoms with Crippen molar-refractivity contribution >= 4 is 17.3 Å². The third-order valence-corrected chi connectivity index (χ3v) is 2.95. The second kappa shape index (κ2) is 6.05. The van der Waals surface area contributed by atoms with Gasteiger partial charge in [0.1, 0.15) is 6.33 Å². The molecule has 1 aromatic heterocycles. The first-order valence-electron chi connectivity index (χ1n) is 6.24. The van der Waals surface area contributed by atoms with Crippen molar-refractivity contribution in [3.05, 3.63) is 35.9 Å². The summed E-state index contributed by atoms with van der Waals surface area (Å²) < 4.78 is 6.61. The van der Waals surface area contributed by atoms with Crippen molar-refractivity contribution in [2.45, 2.75) is 20.0 Å². The summed E-state index contributed by atoms with van der Waals surface area (Å²) in [7, 11) is 1.34. The standard InChI is InChI=1S/C13H17N5O2/c1-3-18-8-16-17-12(18)7-15-11-6-9(13(19)20-2)4-5-10(11)14/h4-6,8,15H,3,7,14H2,1-2H3. The van der Waals surface area contributed by atoms with Gasteiger partial charge in [0.2, 0.25) is 0 Å². The van der Waals surface area contributed by atoms with E-state index in [1.165, 1.54) is 7.11 Å². The number of rotatable bonds is 5. The maximum Gasteiger partial charge on any atom is 0.337 e. The molecule has 3 N–H and O–H groups in total. The molecular formula is C13H17N5O2. The summed E-state index contributed by atoms with van der Waals surface area (Å²) in [6, 6.07) is 4.95. The lowest BCUT2D eigenvalue weighted by atomic mass is 10.1. The maximum absolute atomic E-state index is 11.5. The first-order valence-corrected chi connectivity index (χ1v) is 6.24. The van der Waals surface area contributed by atoms with Gasteiger partial charge in [-0.05, 0) is 25.1 Å². The van der Waals surface area contributed by atoms with Gasteiger partial charge in [-0.15, -0.1) is 10.2 Å². The number of hydrogen-bond donors (Lipinski definition) is 2. The van der Waals surface area contributed by atoms with Crippen LogP contribution in [0.15, 0.2) is 24.5 Å². The maximum atomic E-state index is 11.5. The molecule has 2 aromatic rings. The summed E-state index contributed by atoms with van der Waals surface area (Å²) in [5, 5.41) is 11.0. The number of nitrogens with two attached hydrogens (primary N) is 1. The third kappa shape index (κ3) is 2.87. The molecule has 0 unspecified atom stereocenters. The number of carbonyl (C=O) groups is 1.